The van der Waals surface area contributed by atoms with Crippen LogP contribution in [0.2, 0.25) is 0 Å². The number of halogens is 1. The lowest BCUT2D eigenvalue weighted by Gasteiger charge is -2.07. The zero-order chi connectivity index (χ0) is 10.7. The highest BCUT2D eigenvalue weighted by Crippen LogP contribution is 2.07. The van der Waals surface area contributed by atoms with Gasteiger partial charge in [0.15, 0.2) is 0 Å². The highest BCUT2D eigenvalue weighted by molar-refractivity contribution is 6.29. The van der Waals surface area contributed by atoms with Crippen molar-refractivity contribution in [3.8, 4) is 0 Å². The van der Waals surface area contributed by atoms with E-state index in [9.17, 15) is 9.59 Å². The van der Waals surface area contributed by atoms with Crippen LogP contribution in [0.4, 0.5) is 5.69 Å². The van der Waals surface area contributed by atoms with Gasteiger partial charge in [-0.05, 0) is 18.6 Å². The molecule has 14 heavy (non-hydrogen) atoms. The molecule has 1 rings (SSSR count). The summed E-state index contributed by atoms with van der Waals surface area (Å²) >= 11 is 5.33. The molecule has 0 bridgehead atoms. The van der Waals surface area contributed by atoms with E-state index in [-0.39, 0.29) is 17.3 Å². The highest BCUT2D eigenvalue weighted by atomic mass is 35.5. The summed E-state index contributed by atoms with van der Waals surface area (Å²) in [5.41, 5.74) is 0.788. The Morgan fingerprint density at radius 2 is 2.29 bits per heavy atom. The first-order valence-corrected chi connectivity index (χ1v) is 4.61. The van der Waals surface area contributed by atoms with Crippen molar-refractivity contribution in [2.75, 3.05) is 11.2 Å². The molecule has 0 aromatic carbocycles. The van der Waals surface area contributed by atoms with E-state index < -0.39 is 0 Å². The summed E-state index contributed by atoms with van der Waals surface area (Å²) in [6.45, 7) is 1.76. The quantitative estimate of drug-likeness (QED) is 0.743. The minimum Gasteiger partial charge on any atom is -0.320 e. The van der Waals surface area contributed by atoms with Gasteiger partial charge in [-0.25, -0.2) is 0 Å². The summed E-state index contributed by atoms with van der Waals surface area (Å²) in [6.07, 6.45) is 1.65. The molecule has 0 aliphatic rings. The molecule has 1 amide bonds. The normalized spacial score (nSPS) is 9.93. The molecule has 1 aromatic heterocycles. The number of aryl methyl sites for hydroxylation is 2. The molecule has 0 spiro atoms. The average Bonchev–Trinajstić information content (AvgIpc) is 2.18. The number of rotatable bonds is 2. The Hall–Kier alpha value is -1.29. The van der Waals surface area contributed by atoms with Gasteiger partial charge in [-0.15, -0.1) is 11.6 Å². The number of anilines is 1. The predicted molar refractivity (Wildman–Crippen MR) is 55.8 cm³/mol. The van der Waals surface area contributed by atoms with Crippen molar-refractivity contribution in [3.63, 3.8) is 0 Å². The third kappa shape index (κ3) is 2.14. The molecule has 0 fully saturated rings. The van der Waals surface area contributed by atoms with E-state index in [4.69, 9.17) is 11.6 Å². The zero-order valence-electron chi connectivity index (χ0n) is 8.00. The number of carbonyl (C=O) groups is 1. The fraction of sp³-hybridized carbons (Fsp3) is 0.333. The number of hydrogen-bond donors (Lipinski definition) is 1. The first kappa shape index (κ1) is 10.8. The van der Waals surface area contributed by atoms with Crippen molar-refractivity contribution in [2.24, 2.45) is 7.05 Å². The van der Waals surface area contributed by atoms with E-state index in [1.807, 2.05) is 0 Å². The van der Waals surface area contributed by atoms with E-state index >= 15 is 0 Å². The Labute approximate surface area is 86.5 Å². The first-order valence-electron chi connectivity index (χ1n) is 4.08. The van der Waals surface area contributed by atoms with Crippen LogP contribution in [-0.2, 0) is 11.8 Å². The molecule has 0 aliphatic carbocycles. The lowest BCUT2D eigenvalue weighted by atomic mass is 10.2. The van der Waals surface area contributed by atoms with Gasteiger partial charge in [0.1, 0.15) is 11.6 Å². The van der Waals surface area contributed by atoms with Crippen LogP contribution >= 0.6 is 11.6 Å². The van der Waals surface area contributed by atoms with E-state index in [0.717, 1.165) is 5.56 Å². The minimum absolute atomic E-state index is 0.155. The van der Waals surface area contributed by atoms with Crippen LogP contribution in [-0.4, -0.2) is 16.4 Å². The SMILES string of the molecule is Cc1ccn(C)c(=O)c1NC(=O)CCl. The molecule has 1 aromatic rings. The Morgan fingerprint density at radius 3 is 2.86 bits per heavy atom. The molecular formula is C9H11ClN2O2. The van der Waals surface area contributed by atoms with Gasteiger partial charge >= 0.3 is 0 Å². The Kier molecular flexibility index (Phi) is 3.30. The molecule has 0 radical (unpaired) electrons. The van der Waals surface area contributed by atoms with Crippen molar-refractivity contribution in [3.05, 3.63) is 28.2 Å². The van der Waals surface area contributed by atoms with Gasteiger partial charge < -0.3 is 9.88 Å². The van der Waals surface area contributed by atoms with Crippen molar-refractivity contribution in [1.82, 2.24) is 4.57 Å². The second-order valence-corrected chi connectivity index (χ2v) is 3.24. The lowest BCUT2D eigenvalue weighted by Crippen LogP contribution is -2.25. The summed E-state index contributed by atoms with van der Waals surface area (Å²) in [4.78, 5) is 22.6. The van der Waals surface area contributed by atoms with Crippen LogP contribution in [0.3, 0.4) is 0 Å². The number of nitrogens with zero attached hydrogens (tertiary/aromatic N) is 1. The second kappa shape index (κ2) is 4.28. The van der Waals surface area contributed by atoms with Crippen molar-refractivity contribution in [2.45, 2.75) is 6.92 Å². The van der Waals surface area contributed by atoms with Crippen LogP contribution in [0.25, 0.3) is 0 Å². The third-order valence-electron chi connectivity index (χ3n) is 1.86. The fourth-order valence-corrected chi connectivity index (χ4v) is 1.11. The maximum Gasteiger partial charge on any atom is 0.274 e. The Balaban J connectivity index is 3.13. The van der Waals surface area contributed by atoms with Crippen LogP contribution in [0, 0.1) is 6.92 Å². The number of nitrogens with one attached hydrogen (secondary N) is 1. The van der Waals surface area contributed by atoms with Gasteiger partial charge in [0.25, 0.3) is 5.56 Å². The molecule has 0 saturated carbocycles. The smallest absolute Gasteiger partial charge is 0.274 e. The summed E-state index contributed by atoms with van der Waals surface area (Å²) in [7, 11) is 1.62. The average molecular weight is 215 g/mol. The fourth-order valence-electron chi connectivity index (χ4n) is 1.04. The summed E-state index contributed by atoms with van der Waals surface area (Å²) in [6, 6.07) is 1.76. The number of hydrogen-bond acceptors (Lipinski definition) is 2. The van der Waals surface area contributed by atoms with Crippen molar-refractivity contribution in [1.29, 1.82) is 0 Å². The molecular weight excluding hydrogens is 204 g/mol. The molecule has 0 unspecified atom stereocenters. The number of pyridine rings is 1. The summed E-state index contributed by atoms with van der Waals surface area (Å²) in [5.74, 6) is -0.532. The van der Waals surface area contributed by atoms with E-state index in [1.165, 1.54) is 4.57 Å². The van der Waals surface area contributed by atoms with Gasteiger partial charge in [-0.2, -0.15) is 0 Å². The van der Waals surface area contributed by atoms with E-state index in [0.29, 0.717) is 5.69 Å². The molecule has 0 saturated heterocycles. The highest BCUT2D eigenvalue weighted by Gasteiger charge is 2.08. The predicted octanol–water partition coefficient (Wildman–Crippen LogP) is 0.871. The summed E-state index contributed by atoms with van der Waals surface area (Å²) in [5, 5.41) is 2.46. The second-order valence-electron chi connectivity index (χ2n) is 2.97. The summed E-state index contributed by atoms with van der Waals surface area (Å²) < 4.78 is 1.40. The zero-order valence-corrected chi connectivity index (χ0v) is 8.76. The topological polar surface area (TPSA) is 51.1 Å². The van der Waals surface area contributed by atoms with Gasteiger partial charge in [-0.1, -0.05) is 0 Å². The van der Waals surface area contributed by atoms with Crippen molar-refractivity contribution < 1.29 is 4.79 Å². The van der Waals surface area contributed by atoms with Crippen LogP contribution in [0.15, 0.2) is 17.1 Å². The number of amides is 1. The number of aromatic nitrogens is 1. The molecule has 4 nitrogen and oxygen atoms in total. The van der Waals surface area contributed by atoms with Crippen LogP contribution in [0.5, 0.6) is 0 Å². The lowest BCUT2D eigenvalue weighted by molar-refractivity contribution is -0.113. The molecule has 0 aliphatic heterocycles. The van der Waals surface area contributed by atoms with Crippen molar-refractivity contribution >= 4 is 23.2 Å². The molecule has 1 N–H and O–H groups in total. The van der Waals surface area contributed by atoms with Crippen LogP contribution in [0.1, 0.15) is 5.56 Å². The van der Waals surface area contributed by atoms with Gasteiger partial charge in [0, 0.05) is 13.2 Å². The minimum atomic E-state index is -0.377. The molecule has 5 heteroatoms. The first-order chi connectivity index (χ1) is 6.56. The maximum atomic E-state index is 11.5. The number of alkyl halides is 1. The molecule has 76 valence electrons. The van der Waals surface area contributed by atoms with Crippen LogP contribution < -0.4 is 10.9 Å². The standard InChI is InChI=1S/C9H11ClN2O2/c1-6-3-4-12(2)9(14)8(6)11-7(13)5-10/h3-4H,5H2,1-2H3,(H,11,13). The third-order valence-corrected chi connectivity index (χ3v) is 2.11. The van der Waals surface area contributed by atoms with Gasteiger partial charge in [-0.3, -0.25) is 9.59 Å². The van der Waals surface area contributed by atoms with Gasteiger partial charge in [0.05, 0.1) is 0 Å². The molecule has 0 atom stereocenters. The molecule has 1 heterocycles. The monoisotopic (exact) mass is 214 g/mol. The Morgan fingerprint density at radius 1 is 1.64 bits per heavy atom. The Bertz CT molecular complexity index is 412. The largest absolute Gasteiger partial charge is 0.320 e. The van der Waals surface area contributed by atoms with E-state index in [1.54, 1.807) is 26.2 Å². The van der Waals surface area contributed by atoms with E-state index in [2.05, 4.69) is 5.32 Å². The number of carbonyl (C=O) groups excluding carboxylic acids is 1. The maximum absolute atomic E-state index is 11.5. The van der Waals surface area contributed by atoms with Gasteiger partial charge in [0.2, 0.25) is 5.91 Å².